The first kappa shape index (κ1) is 36.5. The van der Waals surface area contributed by atoms with E-state index in [-0.39, 0.29) is 28.8 Å². The van der Waals surface area contributed by atoms with Crippen LogP contribution in [0.2, 0.25) is 0 Å². The lowest BCUT2D eigenvalue weighted by Crippen LogP contribution is -2.43. The summed E-state index contributed by atoms with van der Waals surface area (Å²) in [6.07, 6.45) is 6.12. The minimum atomic E-state index is -0.719. The van der Waals surface area contributed by atoms with Gasteiger partial charge in [0.25, 0.3) is 0 Å². The fourth-order valence-electron chi connectivity index (χ4n) is 6.59. The number of carbonyl (C=O) groups excluding carboxylic acids is 2. The Labute approximate surface area is 296 Å². The molecule has 4 aromatic rings. The number of thioether (sulfide) groups is 1. The van der Waals surface area contributed by atoms with Crippen LogP contribution in [0.5, 0.6) is 17.2 Å². The summed E-state index contributed by atoms with van der Waals surface area (Å²) >= 11 is 1.62. The molecule has 2 heterocycles. The molecule has 0 fully saturated rings. The number of anilines is 1. The van der Waals surface area contributed by atoms with E-state index in [9.17, 15) is 14.4 Å². The smallest absolute Gasteiger partial charge is 0.243 e. The van der Waals surface area contributed by atoms with Crippen molar-refractivity contribution in [2.24, 2.45) is 5.92 Å². The van der Waals surface area contributed by atoms with Gasteiger partial charge in [0, 0.05) is 18.7 Å². The Bertz CT molecular complexity index is 1910. The van der Waals surface area contributed by atoms with Crippen molar-refractivity contribution in [2.45, 2.75) is 64.6 Å². The van der Waals surface area contributed by atoms with Crippen molar-refractivity contribution in [2.75, 3.05) is 38.7 Å². The molecule has 3 N–H and O–H groups in total. The quantitative estimate of drug-likeness (QED) is 0.157. The lowest BCUT2D eigenvalue weighted by molar-refractivity contribution is -0.123. The molecule has 3 atom stereocenters. The minimum Gasteiger partial charge on any atom is -0.493 e. The number of nitrogens with zero attached hydrogens (tertiary/aromatic N) is 3. The standard InChI is InChI=1S/C37H46N6O6S/c1-21(2)18-29(36-42-41-32-10-8-9-16-43(32)36)40-37(46)28(15-17-50-7)39-27-14-12-24-25(20-30(27)45)26(38-22(3)44)13-11-23-19-31(47-4)34(48-5)35(49-6)33(23)24/h8-10,12,14,16,19-21,26,28-29H,11,13,15,17-18H2,1-7H3,(H,38,44)(H,39,45)(H,40,46)/t26-,28-,29-/m0/s1. The molecule has 266 valence electrons. The van der Waals surface area contributed by atoms with Crippen molar-refractivity contribution in [3.05, 3.63) is 75.8 Å². The molecule has 1 aliphatic carbocycles. The first-order chi connectivity index (χ1) is 24.1. The molecule has 1 aliphatic rings. The van der Waals surface area contributed by atoms with Crippen LogP contribution in [0.4, 0.5) is 5.69 Å². The molecule has 12 nitrogen and oxygen atoms in total. The summed E-state index contributed by atoms with van der Waals surface area (Å²) < 4.78 is 19.1. The topological polar surface area (TPSA) is 145 Å². The number of aromatic nitrogens is 3. The van der Waals surface area contributed by atoms with Crippen molar-refractivity contribution >= 4 is 34.9 Å². The number of carbonyl (C=O) groups is 2. The molecule has 5 rings (SSSR count). The van der Waals surface area contributed by atoms with E-state index < -0.39 is 18.1 Å². The van der Waals surface area contributed by atoms with E-state index in [1.165, 1.54) is 6.92 Å². The molecule has 0 saturated carbocycles. The van der Waals surface area contributed by atoms with E-state index in [0.29, 0.717) is 71.3 Å². The van der Waals surface area contributed by atoms with E-state index in [2.05, 4.69) is 40.0 Å². The highest BCUT2D eigenvalue weighted by Crippen LogP contribution is 2.50. The molecule has 0 spiro atoms. The highest BCUT2D eigenvalue weighted by molar-refractivity contribution is 7.98. The number of pyridine rings is 1. The molecule has 2 aromatic carbocycles. The lowest BCUT2D eigenvalue weighted by atomic mass is 9.95. The van der Waals surface area contributed by atoms with Crippen LogP contribution >= 0.6 is 11.8 Å². The van der Waals surface area contributed by atoms with Gasteiger partial charge in [-0.3, -0.25) is 18.8 Å². The van der Waals surface area contributed by atoms with E-state index in [1.54, 1.807) is 45.2 Å². The molecule has 0 unspecified atom stereocenters. The summed E-state index contributed by atoms with van der Waals surface area (Å²) in [5.74, 6) is 2.56. The molecule has 50 heavy (non-hydrogen) atoms. The summed E-state index contributed by atoms with van der Waals surface area (Å²) in [6, 6.07) is 11.1. The Morgan fingerprint density at radius 3 is 2.50 bits per heavy atom. The second-order valence-corrected chi connectivity index (χ2v) is 13.7. The first-order valence-corrected chi connectivity index (χ1v) is 18.1. The van der Waals surface area contributed by atoms with Crippen LogP contribution in [0.25, 0.3) is 16.8 Å². The summed E-state index contributed by atoms with van der Waals surface area (Å²) in [4.78, 5) is 40.5. The predicted octanol–water partition coefficient (Wildman–Crippen LogP) is 5.34. The molecule has 0 bridgehead atoms. The van der Waals surface area contributed by atoms with Crippen LogP contribution in [-0.2, 0) is 16.0 Å². The van der Waals surface area contributed by atoms with Gasteiger partial charge in [-0.2, -0.15) is 11.8 Å². The molecule has 0 aliphatic heterocycles. The van der Waals surface area contributed by atoms with Gasteiger partial charge in [0.1, 0.15) is 6.04 Å². The van der Waals surface area contributed by atoms with Gasteiger partial charge in [0.2, 0.25) is 23.0 Å². The Morgan fingerprint density at radius 2 is 1.82 bits per heavy atom. The van der Waals surface area contributed by atoms with Crippen molar-refractivity contribution in [1.82, 2.24) is 25.2 Å². The average Bonchev–Trinajstić information content (AvgIpc) is 3.39. The Balaban J connectivity index is 1.57. The van der Waals surface area contributed by atoms with Gasteiger partial charge < -0.3 is 30.2 Å². The number of benzene rings is 1. The Kier molecular flexibility index (Phi) is 11.9. The maximum atomic E-state index is 14.1. The number of hydrogen-bond acceptors (Lipinski definition) is 10. The summed E-state index contributed by atoms with van der Waals surface area (Å²) in [7, 11) is 4.68. The first-order valence-electron chi connectivity index (χ1n) is 16.7. The van der Waals surface area contributed by atoms with Gasteiger partial charge in [-0.05, 0) is 90.6 Å². The summed E-state index contributed by atoms with van der Waals surface area (Å²) in [5.41, 5.74) is 3.67. The Morgan fingerprint density at radius 1 is 1.04 bits per heavy atom. The van der Waals surface area contributed by atoms with Gasteiger partial charge >= 0.3 is 0 Å². The lowest BCUT2D eigenvalue weighted by Gasteiger charge is -2.24. The van der Waals surface area contributed by atoms with Crippen molar-refractivity contribution < 1.29 is 23.8 Å². The number of aryl methyl sites for hydroxylation is 1. The monoisotopic (exact) mass is 702 g/mol. The third kappa shape index (κ3) is 7.83. The van der Waals surface area contributed by atoms with Crippen LogP contribution in [0.3, 0.4) is 0 Å². The summed E-state index contributed by atoms with van der Waals surface area (Å²) in [5, 5.41) is 18.3. The third-order valence-electron chi connectivity index (χ3n) is 8.85. The molecular weight excluding hydrogens is 657 g/mol. The van der Waals surface area contributed by atoms with Crippen LogP contribution in [0.1, 0.15) is 69.1 Å². The fraction of sp³-hybridized carbons (Fsp3) is 0.432. The van der Waals surface area contributed by atoms with Crippen LogP contribution in [-0.4, -0.2) is 65.8 Å². The highest BCUT2D eigenvalue weighted by atomic mass is 32.2. The van der Waals surface area contributed by atoms with Crippen molar-refractivity contribution in [1.29, 1.82) is 0 Å². The molecular formula is C37H46N6O6S. The van der Waals surface area contributed by atoms with Crippen molar-refractivity contribution in [3.63, 3.8) is 0 Å². The van der Waals surface area contributed by atoms with Gasteiger partial charge in [0.05, 0.1) is 39.1 Å². The molecule has 13 heteroatoms. The van der Waals surface area contributed by atoms with Gasteiger partial charge in [0.15, 0.2) is 23.0 Å². The molecule has 0 saturated heterocycles. The number of rotatable bonds is 14. The molecule has 2 aromatic heterocycles. The number of hydrogen-bond donors (Lipinski definition) is 3. The van der Waals surface area contributed by atoms with Gasteiger partial charge in [-0.15, -0.1) is 10.2 Å². The number of fused-ring (bicyclic) bond motifs is 4. The second kappa shape index (κ2) is 16.3. The third-order valence-corrected chi connectivity index (χ3v) is 9.49. The summed E-state index contributed by atoms with van der Waals surface area (Å²) in [6.45, 7) is 5.65. The maximum absolute atomic E-state index is 14.1. The SMILES string of the molecule is COc1cc2c(c(OC)c1OC)-c1ccc(N[C@@H](CCSC)C(=O)N[C@@H](CC(C)C)c3nnc4ccccn34)c(=O)cc1[C@@H](NC(C)=O)CC2. The number of methoxy groups -OCH3 is 3. The van der Waals surface area contributed by atoms with E-state index in [1.807, 2.05) is 47.2 Å². The van der Waals surface area contributed by atoms with E-state index in [4.69, 9.17) is 14.2 Å². The van der Waals surface area contributed by atoms with Crippen LogP contribution in [0, 0.1) is 5.92 Å². The zero-order chi connectivity index (χ0) is 35.9. The fourth-order valence-corrected chi connectivity index (χ4v) is 7.06. The maximum Gasteiger partial charge on any atom is 0.243 e. The average molecular weight is 703 g/mol. The Hall–Kier alpha value is -4.78. The van der Waals surface area contributed by atoms with E-state index in [0.717, 1.165) is 11.1 Å². The largest absolute Gasteiger partial charge is 0.493 e. The molecule has 0 radical (unpaired) electrons. The second-order valence-electron chi connectivity index (χ2n) is 12.8. The highest BCUT2D eigenvalue weighted by Gasteiger charge is 2.31. The number of nitrogens with one attached hydrogen (secondary N) is 3. The molecule has 2 amide bonds. The predicted molar refractivity (Wildman–Crippen MR) is 196 cm³/mol. The van der Waals surface area contributed by atoms with Crippen LogP contribution < -0.4 is 35.6 Å². The number of ether oxygens (including phenoxy) is 3. The van der Waals surface area contributed by atoms with Crippen molar-refractivity contribution in [3.8, 4) is 28.4 Å². The van der Waals surface area contributed by atoms with Crippen LogP contribution in [0.15, 0.2) is 53.5 Å². The zero-order valence-electron chi connectivity index (χ0n) is 29.7. The van der Waals surface area contributed by atoms with Gasteiger partial charge in [-0.25, -0.2) is 0 Å². The van der Waals surface area contributed by atoms with Gasteiger partial charge in [-0.1, -0.05) is 26.0 Å². The zero-order valence-corrected chi connectivity index (χ0v) is 30.5. The minimum absolute atomic E-state index is 0.212. The van der Waals surface area contributed by atoms with E-state index >= 15 is 0 Å². The number of amides is 2. The normalized spacial score (nSPS) is 14.9.